The summed E-state index contributed by atoms with van der Waals surface area (Å²) >= 11 is 0. The molecule has 1 heterocycles. The summed E-state index contributed by atoms with van der Waals surface area (Å²) in [5.74, 6) is 0.349. The number of rotatable bonds is 4. The van der Waals surface area contributed by atoms with Gasteiger partial charge in [-0.25, -0.2) is 0 Å². The van der Waals surface area contributed by atoms with Crippen LogP contribution in [0.4, 0.5) is 0 Å². The van der Waals surface area contributed by atoms with E-state index in [1.807, 2.05) is 24.3 Å². The lowest BCUT2D eigenvalue weighted by atomic mass is 10.1. The summed E-state index contributed by atoms with van der Waals surface area (Å²) < 4.78 is 6.16. The molecule has 0 saturated heterocycles. The molecule has 5 heteroatoms. The summed E-state index contributed by atoms with van der Waals surface area (Å²) in [7, 11) is 0. The van der Waals surface area contributed by atoms with Crippen molar-refractivity contribution >= 4 is 16.8 Å². The van der Waals surface area contributed by atoms with E-state index in [2.05, 4.69) is 4.98 Å². The van der Waals surface area contributed by atoms with Crippen molar-refractivity contribution in [3.63, 3.8) is 0 Å². The van der Waals surface area contributed by atoms with Crippen molar-refractivity contribution in [2.45, 2.75) is 25.4 Å². The Bertz CT molecular complexity index is 672. The number of nitrogens with two attached hydrogens (primary N) is 2. The van der Waals surface area contributed by atoms with Gasteiger partial charge in [0.15, 0.2) is 0 Å². The molecular weight excluding hydrogens is 266 g/mol. The quantitative estimate of drug-likeness (QED) is 0.896. The molecule has 0 aliphatic heterocycles. The maximum absolute atomic E-state index is 11.7. The fourth-order valence-corrected chi connectivity index (χ4v) is 3.00. The van der Waals surface area contributed by atoms with Gasteiger partial charge in [-0.1, -0.05) is 12.1 Å². The molecule has 4 N–H and O–H groups in total. The highest BCUT2D eigenvalue weighted by atomic mass is 16.5. The minimum absolute atomic E-state index is 0.0407. The Hall–Kier alpha value is -2.14. The Morgan fingerprint density at radius 1 is 1.33 bits per heavy atom. The fraction of sp³-hybridized carbons (Fsp3) is 0.375. The van der Waals surface area contributed by atoms with Crippen molar-refractivity contribution in [2.75, 3.05) is 6.54 Å². The zero-order valence-corrected chi connectivity index (χ0v) is 11.8. The van der Waals surface area contributed by atoms with Crippen molar-refractivity contribution in [2.24, 2.45) is 17.4 Å². The molecule has 0 spiro atoms. The number of carbonyl (C=O) groups excluding carboxylic acids is 1. The van der Waals surface area contributed by atoms with Crippen LogP contribution in [0.5, 0.6) is 5.75 Å². The van der Waals surface area contributed by atoms with Gasteiger partial charge >= 0.3 is 0 Å². The summed E-state index contributed by atoms with van der Waals surface area (Å²) in [6, 6.07) is 7.59. The molecule has 2 atom stereocenters. The van der Waals surface area contributed by atoms with Gasteiger partial charge in [-0.3, -0.25) is 9.78 Å². The smallest absolute Gasteiger partial charge is 0.254 e. The average molecular weight is 285 g/mol. The second kappa shape index (κ2) is 5.69. The molecule has 1 amide bonds. The Kier molecular flexibility index (Phi) is 3.75. The number of para-hydroxylation sites is 1. The van der Waals surface area contributed by atoms with E-state index in [0.717, 1.165) is 30.2 Å². The molecule has 5 nitrogen and oxygen atoms in total. The molecule has 3 rings (SSSR count). The van der Waals surface area contributed by atoms with Crippen LogP contribution in [-0.2, 0) is 0 Å². The maximum Gasteiger partial charge on any atom is 0.254 e. The first-order valence-electron chi connectivity index (χ1n) is 7.25. The lowest BCUT2D eigenvalue weighted by molar-refractivity contribution is 0.0989. The summed E-state index contributed by atoms with van der Waals surface area (Å²) in [5.41, 5.74) is 12.4. The van der Waals surface area contributed by atoms with Crippen LogP contribution in [0.1, 0.15) is 29.6 Å². The van der Waals surface area contributed by atoms with Crippen LogP contribution in [0, 0.1) is 5.92 Å². The van der Waals surface area contributed by atoms with Crippen molar-refractivity contribution in [3.8, 4) is 5.75 Å². The van der Waals surface area contributed by atoms with E-state index in [1.54, 1.807) is 0 Å². The SMILES string of the molecule is NCC1CCCC1Oc1c(C(N)=O)cnc2ccccc12. The van der Waals surface area contributed by atoms with Crippen LogP contribution in [0.3, 0.4) is 0 Å². The Labute approximate surface area is 123 Å². The number of hydrogen-bond acceptors (Lipinski definition) is 4. The number of pyridine rings is 1. The molecular formula is C16H19N3O2. The number of aromatic nitrogens is 1. The van der Waals surface area contributed by atoms with E-state index in [0.29, 0.717) is 23.8 Å². The van der Waals surface area contributed by atoms with Gasteiger partial charge in [0.2, 0.25) is 0 Å². The Morgan fingerprint density at radius 3 is 2.90 bits per heavy atom. The molecule has 1 aromatic heterocycles. The van der Waals surface area contributed by atoms with Crippen LogP contribution < -0.4 is 16.2 Å². The van der Waals surface area contributed by atoms with Gasteiger partial charge in [-0.15, -0.1) is 0 Å². The Balaban J connectivity index is 2.06. The predicted octanol–water partition coefficient (Wildman–Crippen LogP) is 1.84. The number of fused-ring (bicyclic) bond motifs is 1. The lowest BCUT2D eigenvalue weighted by Gasteiger charge is -2.22. The molecule has 0 radical (unpaired) electrons. The van der Waals surface area contributed by atoms with E-state index < -0.39 is 5.91 Å². The van der Waals surface area contributed by atoms with Gasteiger partial charge in [0.05, 0.1) is 5.52 Å². The normalized spacial score (nSPS) is 21.6. The van der Waals surface area contributed by atoms with Gasteiger partial charge in [-0.2, -0.15) is 0 Å². The third kappa shape index (κ3) is 2.56. The first kappa shape index (κ1) is 13.8. The summed E-state index contributed by atoms with van der Waals surface area (Å²) in [6.07, 6.45) is 4.65. The second-order valence-corrected chi connectivity index (χ2v) is 5.47. The number of benzene rings is 1. The van der Waals surface area contributed by atoms with E-state index in [-0.39, 0.29) is 6.10 Å². The lowest BCUT2D eigenvalue weighted by Crippen LogP contribution is -2.28. The molecule has 2 unspecified atom stereocenters. The van der Waals surface area contributed by atoms with Crippen LogP contribution in [0.25, 0.3) is 10.9 Å². The van der Waals surface area contributed by atoms with Crippen LogP contribution in [0.15, 0.2) is 30.5 Å². The first-order valence-corrected chi connectivity index (χ1v) is 7.25. The summed E-state index contributed by atoms with van der Waals surface area (Å²) in [6.45, 7) is 0.597. The standard InChI is InChI=1S/C16H19N3O2/c17-8-10-4-3-7-14(10)21-15-11-5-1-2-6-13(11)19-9-12(15)16(18)20/h1-2,5-6,9-10,14H,3-4,7-8,17H2,(H2,18,20). The van der Waals surface area contributed by atoms with Gasteiger partial charge in [-0.05, 0) is 37.9 Å². The molecule has 2 aromatic rings. The maximum atomic E-state index is 11.7. The zero-order valence-electron chi connectivity index (χ0n) is 11.8. The van der Waals surface area contributed by atoms with Crippen LogP contribution in [-0.4, -0.2) is 23.5 Å². The van der Waals surface area contributed by atoms with Crippen molar-refractivity contribution in [1.82, 2.24) is 4.98 Å². The summed E-state index contributed by atoms with van der Waals surface area (Å²) in [5, 5.41) is 0.816. The number of carbonyl (C=O) groups is 1. The molecule has 1 aliphatic rings. The predicted molar refractivity (Wildman–Crippen MR) is 81.1 cm³/mol. The molecule has 1 saturated carbocycles. The largest absolute Gasteiger partial charge is 0.488 e. The van der Waals surface area contributed by atoms with Crippen molar-refractivity contribution < 1.29 is 9.53 Å². The van der Waals surface area contributed by atoms with E-state index in [9.17, 15) is 4.79 Å². The monoisotopic (exact) mass is 285 g/mol. The topological polar surface area (TPSA) is 91.2 Å². The summed E-state index contributed by atoms with van der Waals surface area (Å²) in [4.78, 5) is 15.9. The molecule has 21 heavy (non-hydrogen) atoms. The van der Waals surface area contributed by atoms with E-state index >= 15 is 0 Å². The minimum Gasteiger partial charge on any atom is -0.488 e. The zero-order chi connectivity index (χ0) is 14.8. The van der Waals surface area contributed by atoms with Crippen molar-refractivity contribution in [3.05, 3.63) is 36.0 Å². The number of primary amides is 1. The molecule has 0 bridgehead atoms. The van der Waals surface area contributed by atoms with Gasteiger partial charge in [0.1, 0.15) is 17.4 Å². The number of ether oxygens (including phenoxy) is 1. The molecule has 1 aliphatic carbocycles. The molecule has 1 fully saturated rings. The third-order valence-electron chi connectivity index (χ3n) is 4.15. The molecule has 110 valence electrons. The minimum atomic E-state index is -0.523. The second-order valence-electron chi connectivity index (χ2n) is 5.47. The number of nitrogens with zero attached hydrogens (tertiary/aromatic N) is 1. The molecule has 1 aromatic carbocycles. The number of amides is 1. The third-order valence-corrected chi connectivity index (χ3v) is 4.15. The van der Waals surface area contributed by atoms with Gasteiger partial charge in [0, 0.05) is 17.5 Å². The van der Waals surface area contributed by atoms with Gasteiger partial charge in [0.25, 0.3) is 5.91 Å². The van der Waals surface area contributed by atoms with Crippen LogP contribution in [0.2, 0.25) is 0 Å². The highest BCUT2D eigenvalue weighted by Crippen LogP contribution is 2.34. The highest BCUT2D eigenvalue weighted by molar-refractivity contribution is 6.01. The van der Waals surface area contributed by atoms with E-state index in [1.165, 1.54) is 6.20 Å². The highest BCUT2D eigenvalue weighted by Gasteiger charge is 2.29. The fourth-order valence-electron chi connectivity index (χ4n) is 3.00. The Morgan fingerprint density at radius 2 is 2.14 bits per heavy atom. The van der Waals surface area contributed by atoms with Gasteiger partial charge < -0.3 is 16.2 Å². The average Bonchev–Trinajstić information content (AvgIpc) is 2.94. The number of hydrogen-bond donors (Lipinski definition) is 2. The van der Waals surface area contributed by atoms with Crippen LogP contribution >= 0.6 is 0 Å². The van der Waals surface area contributed by atoms with Crippen molar-refractivity contribution in [1.29, 1.82) is 0 Å². The van der Waals surface area contributed by atoms with E-state index in [4.69, 9.17) is 16.2 Å². The first-order chi connectivity index (χ1) is 10.2.